The maximum absolute atomic E-state index is 13.1. The predicted molar refractivity (Wildman–Crippen MR) is 130 cm³/mol. The Morgan fingerprint density at radius 2 is 1.86 bits per heavy atom. The van der Waals surface area contributed by atoms with Crippen LogP contribution in [0.1, 0.15) is 35.4 Å². The van der Waals surface area contributed by atoms with Crippen molar-refractivity contribution in [2.45, 2.75) is 45.8 Å². The lowest BCUT2D eigenvalue weighted by Gasteiger charge is -2.10. The van der Waals surface area contributed by atoms with Crippen molar-refractivity contribution in [1.29, 1.82) is 5.41 Å². The number of benzene rings is 1. The smallest absolute Gasteiger partial charge is 0.325 e. The Kier molecular flexibility index (Phi) is 5.79. The van der Waals surface area contributed by atoms with E-state index in [-0.39, 0.29) is 5.84 Å². The third-order valence-corrected chi connectivity index (χ3v) is 6.68. The number of fused-ring (bicyclic) bond motifs is 1. The van der Waals surface area contributed by atoms with E-state index in [2.05, 4.69) is 15.4 Å². The van der Waals surface area contributed by atoms with Gasteiger partial charge in [-0.25, -0.2) is 14.4 Å². The average Bonchev–Trinajstić information content (AvgIpc) is 3.50. The molecule has 0 saturated heterocycles. The second-order valence-corrected chi connectivity index (χ2v) is 9.21. The summed E-state index contributed by atoms with van der Waals surface area (Å²) in [5.41, 5.74) is 2.56. The van der Waals surface area contributed by atoms with Gasteiger partial charge in [-0.1, -0.05) is 23.7 Å². The Morgan fingerprint density at radius 3 is 2.46 bits per heavy atom. The number of aryl methyl sites for hydroxylation is 1. The van der Waals surface area contributed by atoms with Gasteiger partial charge in [-0.05, 0) is 44.7 Å². The van der Waals surface area contributed by atoms with Gasteiger partial charge in [0.25, 0.3) is 0 Å². The third-order valence-electron chi connectivity index (χ3n) is 6.13. The van der Waals surface area contributed by atoms with Crippen LogP contribution in [-0.4, -0.2) is 31.6 Å². The first-order valence-electron chi connectivity index (χ1n) is 11.2. The molecule has 2 N–H and O–H groups in total. The second kappa shape index (κ2) is 8.67. The van der Waals surface area contributed by atoms with E-state index < -0.39 is 11.7 Å². The maximum atomic E-state index is 13.1. The van der Waals surface area contributed by atoms with E-state index >= 15 is 0 Å². The van der Waals surface area contributed by atoms with Crippen molar-refractivity contribution >= 4 is 35.3 Å². The summed E-state index contributed by atoms with van der Waals surface area (Å²) in [6, 6.07) is 4.99. The number of nitrogens with one attached hydrogen (secondary N) is 2. The number of halogens is 4. The van der Waals surface area contributed by atoms with E-state index in [4.69, 9.17) is 22.1 Å². The fourth-order valence-electron chi connectivity index (χ4n) is 4.08. The minimum absolute atomic E-state index is 0.0832. The van der Waals surface area contributed by atoms with Gasteiger partial charge in [-0.3, -0.25) is 5.41 Å². The summed E-state index contributed by atoms with van der Waals surface area (Å²) < 4.78 is 42.6. The summed E-state index contributed by atoms with van der Waals surface area (Å²) in [5.74, 6) is 1.66. The van der Waals surface area contributed by atoms with Crippen molar-refractivity contribution in [1.82, 2.24) is 19.6 Å². The number of rotatable bonds is 4. The van der Waals surface area contributed by atoms with E-state index in [0.29, 0.717) is 58.2 Å². The standard InChI is InChI=1S/C24H23ClF3N7/c1-13-21(25)14(2)35(32-13)20-11-19(29)31-23-18(9-10-30-20)22(33-34(23)12-15-3-4-15)16-5-7-17(8-6-16)24(26,27)28/h5-8,10-11,15H,3-4,9,12H2,1-2H3,(H2,29,31)/b20-11+,30-10-. The highest BCUT2D eigenvalue weighted by Gasteiger charge is 2.31. The van der Waals surface area contributed by atoms with E-state index in [0.717, 1.165) is 30.5 Å². The molecule has 0 radical (unpaired) electrons. The van der Waals surface area contributed by atoms with Gasteiger partial charge in [0, 0.05) is 36.4 Å². The van der Waals surface area contributed by atoms with Gasteiger partial charge >= 0.3 is 6.18 Å². The first-order valence-corrected chi connectivity index (χ1v) is 11.6. The molecule has 1 aromatic carbocycles. The fraction of sp³-hybridized carbons (Fsp3) is 0.333. The normalized spacial score (nSPS) is 18.7. The molecule has 3 heterocycles. The third kappa shape index (κ3) is 4.62. The molecule has 0 bridgehead atoms. The number of amidine groups is 1. The summed E-state index contributed by atoms with van der Waals surface area (Å²) in [6.45, 7) is 4.30. The molecule has 35 heavy (non-hydrogen) atoms. The van der Waals surface area contributed by atoms with Gasteiger partial charge in [0.15, 0.2) is 5.82 Å². The molecule has 0 amide bonds. The summed E-state index contributed by atoms with van der Waals surface area (Å²) in [4.78, 5) is 4.55. The highest BCUT2D eigenvalue weighted by molar-refractivity contribution is 6.31. The maximum Gasteiger partial charge on any atom is 0.416 e. The van der Waals surface area contributed by atoms with Crippen LogP contribution >= 0.6 is 11.6 Å². The topological polar surface area (TPSA) is 83.9 Å². The molecule has 7 nitrogen and oxygen atoms in total. The van der Waals surface area contributed by atoms with Crippen LogP contribution in [0.15, 0.2) is 35.3 Å². The lowest BCUT2D eigenvalue weighted by atomic mass is 10.0. The van der Waals surface area contributed by atoms with Gasteiger partial charge in [-0.2, -0.15) is 23.4 Å². The molecular formula is C24H23ClF3N7. The Balaban J connectivity index is 1.56. The van der Waals surface area contributed by atoms with Crippen LogP contribution in [-0.2, 0) is 19.1 Å². The minimum Gasteiger partial charge on any atom is -0.325 e. The predicted octanol–water partition coefficient (Wildman–Crippen LogP) is 5.96. The molecule has 0 unspecified atom stereocenters. The number of hydrogen-bond acceptors (Lipinski definition) is 4. The molecule has 2 aromatic heterocycles. The van der Waals surface area contributed by atoms with E-state index in [1.165, 1.54) is 12.1 Å². The van der Waals surface area contributed by atoms with Crippen LogP contribution < -0.4 is 5.32 Å². The molecule has 1 fully saturated rings. The molecule has 1 aliphatic heterocycles. The number of anilines is 1. The summed E-state index contributed by atoms with van der Waals surface area (Å²) in [6.07, 6.45) is 1.42. The van der Waals surface area contributed by atoms with E-state index in [9.17, 15) is 13.2 Å². The van der Waals surface area contributed by atoms with Crippen LogP contribution in [0, 0.1) is 25.2 Å². The largest absolute Gasteiger partial charge is 0.416 e. The molecule has 182 valence electrons. The van der Waals surface area contributed by atoms with Crippen molar-refractivity contribution in [3.05, 3.63) is 57.9 Å². The highest BCUT2D eigenvalue weighted by atomic mass is 35.5. The quantitative estimate of drug-likeness (QED) is 0.462. The van der Waals surface area contributed by atoms with Crippen LogP contribution in [0.4, 0.5) is 19.0 Å². The van der Waals surface area contributed by atoms with Crippen LogP contribution in [0.2, 0.25) is 5.02 Å². The average molecular weight is 502 g/mol. The number of alkyl halides is 3. The first-order chi connectivity index (χ1) is 16.6. The molecule has 11 heteroatoms. The molecule has 2 aliphatic rings. The summed E-state index contributed by atoms with van der Waals surface area (Å²) >= 11 is 6.30. The van der Waals surface area contributed by atoms with Crippen molar-refractivity contribution < 1.29 is 13.2 Å². The second-order valence-electron chi connectivity index (χ2n) is 8.83. The number of aliphatic imine (C=N–C) groups is 1. The molecule has 3 aromatic rings. The van der Waals surface area contributed by atoms with Crippen LogP contribution in [0.5, 0.6) is 0 Å². The Labute approximate surface area is 204 Å². The monoisotopic (exact) mass is 501 g/mol. The van der Waals surface area contributed by atoms with Gasteiger partial charge in [-0.15, -0.1) is 0 Å². The lowest BCUT2D eigenvalue weighted by Crippen LogP contribution is -2.15. The number of aromatic nitrogens is 4. The van der Waals surface area contributed by atoms with Crippen LogP contribution in [0.25, 0.3) is 17.1 Å². The minimum atomic E-state index is -4.41. The van der Waals surface area contributed by atoms with E-state index in [1.807, 2.05) is 11.6 Å². The Bertz CT molecular complexity index is 1360. The van der Waals surface area contributed by atoms with Crippen molar-refractivity contribution in [3.63, 3.8) is 0 Å². The first kappa shape index (κ1) is 23.3. The molecule has 0 atom stereocenters. The van der Waals surface area contributed by atoms with Gasteiger partial charge < -0.3 is 5.32 Å². The zero-order chi connectivity index (χ0) is 24.9. The van der Waals surface area contributed by atoms with Crippen molar-refractivity contribution in [3.8, 4) is 11.3 Å². The molecule has 1 saturated carbocycles. The van der Waals surface area contributed by atoms with Crippen molar-refractivity contribution in [2.24, 2.45) is 10.9 Å². The van der Waals surface area contributed by atoms with Crippen LogP contribution in [0.3, 0.4) is 0 Å². The zero-order valence-corrected chi connectivity index (χ0v) is 19.9. The van der Waals surface area contributed by atoms with Gasteiger partial charge in [0.2, 0.25) is 0 Å². The van der Waals surface area contributed by atoms with Crippen molar-refractivity contribution in [2.75, 3.05) is 5.32 Å². The SMILES string of the molecule is Cc1nn(C2=C/C(=N)Nc3c(c(-c4ccc(C(F)(F)F)cc4)nn3CC3CC3)C/C=N\2)c(C)c1Cl. The van der Waals surface area contributed by atoms with Gasteiger partial charge in [0.1, 0.15) is 11.7 Å². The molecule has 5 rings (SSSR count). The zero-order valence-electron chi connectivity index (χ0n) is 19.1. The fourth-order valence-corrected chi connectivity index (χ4v) is 4.20. The molecule has 0 spiro atoms. The molecular weight excluding hydrogens is 479 g/mol. The summed E-state index contributed by atoms with van der Waals surface area (Å²) in [7, 11) is 0. The summed E-state index contributed by atoms with van der Waals surface area (Å²) in [5, 5.41) is 21.4. The lowest BCUT2D eigenvalue weighted by molar-refractivity contribution is -0.137. The number of nitrogens with zero attached hydrogens (tertiary/aromatic N) is 5. The molecule has 1 aliphatic carbocycles. The van der Waals surface area contributed by atoms with E-state index in [1.54, 1.807) is 23.9 Å². The Hall–Kier alpha value is -3.40. The van der Waals surface area contributed by atoms with Gasteiger partial charge in [0.05, 0.1) is 27.7 Å². The Morgan fingerprint density at radius 1 is 1.14 bits per heavy atom. The highest BCUT2D eigenvalue weighted by Crippen LogP contribution is 2.37. The number of hydrogen-bond donors (Lipinski definition) is 2.